The van der Waals surface area contributed by atoms with Crippen molar-refractivity contribution in [3.05, 3.63) is 48.2 Å². The zero-order chi connectivity index (χ0) is 16.3. The van der Waals surface area contributed by atoms with Gasteiger partial charge in [-0.2, -0.15) is 0 Å². The zero-order valence-electron chi connectivity index (χ0n) is 11.9. The Hall–Kier alpha value is -2.57. The molecule has 0 bridgehead atoms. The van der Waals surface area contributed by atoms with Gasteiger partial charge in [-0.25, -0.2) is 18.2 Å². The van der Waals surface area contributed by atoms with Crippen LogP contribution >= 0.6 is 0 Å². The first-order valence-electron chi connectivity index (χ1n) is 6.35. The van der Waals surface area contributed by atoms with E-state index in [2.05, 4.69) is 10.3 Å². The van der Waals surface area contributed by atoms with Gasteiger partial charge in [0.1, 0.15) is 17.4 Å². The number of hydrogen-bond donors (Lipinski definition) is 1. The van der Waals surface area contributed by atoms with E-state index in [0.717, 1.165) is 32.0 Å². The maximum atomic E-state index is 13.5. The summed E-state index contributed by atoms with van der Waals surface area (Å²) >= 11 is 0. The summed E-state index contributed by atoms with van der Waals surface area (Å²) in [7, 11) is 0. The van der Waals surface area contributed by atoms with Gasteiger partial charge in [-0.1, -0.05) is 0 Å². The monoisotopic (exact) mass is 310 g/mol. The molecule has 0 aliphatic rings. The number of ether oxygens (including phenoxy) is 1. The second-order valence-electron chi connectivity index (χ2n) is 4.98. The van der Waals surface area contributed by atoms with Crippen LogP contribution < -0.4 is 10.1 Å². The molecule has 0 aliphatic heterocycles. The molecule has 1 heterocycles. The number of halogens is 3. The van der Waals surface area contributed by atoms with Crippen molar-refractivity contribution in [2.24, 2.45) is 0 Å². The fourth-order valence-electron chi connectivity index (χ4n) is 1.49. The molecule has 1 aromatic carbocycles. The molecule has 1 N–H and O–H groups in total. The van der Waals surface area contributed by atoms with E-state index in [4.69, 9.17) is 4.74 Å². The van der Waals surface area contributed by atoms with Crippen LogP contribution in [0.3, 0.4) is 0 Å². The minimum Gasteiger partial charge on any atom is -0.454 e. The molecule has 1 aromatic heterocycles. The van der Waals surface area contributed by atoms with Crippen LogP contribution in [0.2, 0.25) is 0 Å². The van der Waals surface area contributed by atoms with Crippen molar-refractivity contribution < 1.29 is 22.7 Å². The van der Waals surface area contributed by atoms with E-state index in [1.165, 1.54) is 18.3 Å². The number of anilines is 1. The van der Waals surface area contributed by atoms with Gasteiger partial charge in [-0.3, -0.25) is 4.79 Å². The standard InChI is InChI=1S/C15H13F3N2O2/c1-15(2,18)14(21)20-13-8-10(5-6-19-13)22-12-7-9(16)3-4-11(12)17/h3-8H,1-2H3,(H,19,20,21). The second kappa shape index (κ2) is 6.05. The van der Waals surface area contributed by atoms with Gasteiger partial charge in [0.2, 0.25) is 0 Å². The molecular formula is C15H13F3N2O2. The summed E-state index contributed by atoms with van der Waals surface area (Å²) in [6.45, 7) is 2.20. The van der Waals surface area contributed by atoms with Crippen molar-refractivity contribution >= 4 is 11.7 Å². The third-order valence-electron chi connectivity index (χ3n) is 2.63. The quantitative estimate of drug-likeness (QED) is 0.933. The number of carbonyl (C=O) groups is 1. The van der Waals surface area contributed by atoms with Gasteiger partial charge < -0.3 is 10.1 Å². The number of nitrogens with one attached hydrogen (secondary N) is 1. The molecule has 0 fully saturated rings. The van der Waals surface area contributed by atoms with E-state index >= 15 is 0 Å². The molecule has 116 valence electrons. The molecule has 0 saturated carbocycles. The second-order valence-corrected chi connectivity index (χ2v) is 4.98. The summed E-state index contributed by atoms with van der Waals surface area (Å²) in [5.41, 5.74) is -2.08. The van der Waals surface area contributed by atoms with Gasteiger partial charge in [-0.05, 0) is 32.0 Å². The first-order chi connectivity index (χ1) is 10.3. The van der Waals surface area contributed by atoms with E-state index in [0.29, 0.717) is 0 Å². The summed E-state index contributed by atoms with van der Waals surface area (Å²) < 4.78 is 45.2. The average Bonchev–Trinajstić information content (AvgIpc) is 2.42. The molecular weight excluding hydrogens is 297 g/mol. The summed E-state index contributed by atoms with van der Waals surface area (Å²) in [5.74, 6) is -2.44. The lowest BCUT2D eigenvalue weighted by Gasteiger charge is -2.14. The van der Waals surface area contributed by atoms with Gasteiger partial charge in [0.15, 0.2) is 17.2 Å². The Labute approximate surface area is 124 Å². The summed E-state index contributed by atoms with van der Waals surface area (Å²) in [5, 5.41) is 2.26. The predicted octanol–water partition coefficient (Wildman–Crippen LogP) is 3.84. The first-order valence-corrected chi connectivity index (χ1v) is 6.35. The molecule has 0 spiro atoms. The Morgan fingerprint density at radius 2 is 1.95 bits per heavy atom. The summed E-state index contributed by atoms with van der Waals surface area (Å²) in [6.07, 6.45) is 1.29. The first kappa shape index (κ1) is 15.8. The molecule has 0 radical (unpaired) electrons. The summed E-state index contributed by atoms with van der Waals surface area (Å²) in [4.78, 5) is 15.4. The number of carbonyl (C=O) groups excluding carboxylic acids is 1. The Balaban J connectivity index is 2.18. The largest absolute Gasteiger partial charge is 0.454 e. The van der Waals surface area contributed by atoms with Crippen molar-refractivity contribution in [2.45, 2.75) is 19.5 Å². The van der Waals surface area contributed by atoms with E-state index in [9.17, 15) is 18.0 Å². The lowest BCUT2D eigenvalue weighted by molar-refractivity contribution is -0.125. The van der Waals surface area contributed by atoms with E-state index < -0.39 is 23.2 Å². The van der Waals surface area contributed by atoms with Crippen LogP contribution in [0.25, 0.3) is 0 Å². The van der Waals surface area contributed by atoms with Crippen LogP contribution in [0.15, 0.2) is 36.5 Å². The lowest BCUT2D eigenvalue weighted by Crippen LogP contribution is -2.32. The van der Waals surface area contributed by atoms with Gasteiger partial charge in [0.25, 0.3) is 5.91 Å². The van der Waals surface area contributed by atoms with Crippen LogP contribution in [0.5, 0.6) is 11.5 Å². The van der Waals surface area contributed by atoms with E-state index in [-0.39, 0.29) is 17.3 Å². The molecule has 1 amide bonds. The number of benzene rings is 1. The number of amides is 1. The highest BCUT2D eigenvalue weighted by molar-refractivity contribution is 5.95. The van der Waals surface area contributed by atoms with Crippen molar-refractivity contribution in [3.8, 4) is 11.5 Å². The maximum absolute atomic E-state index is 13.5. The Morgan fingerprint density at radius 1 is 1.23 bits per heavy atom. The molecule has 22 heavy (non-hydrogen) atoms. The minimum absolute atomic E-state index is 0.0324. The lowest BCUT2D eigenvalue weighted by atomic mass is 10.1. The van der Waals surface area contributed by atoms with Crippen molar-refractivity contribution in [1.29, 1.82) is 0 Å². The highest BCUT2D eigenvalue weighted by atomic mass is 19.1. The molecule has 7 heteroatoms. The number of pyridine rings is 1. The average molecular weight is 310 g/mol. The van der Waals surface area contributed by atoms with E-state index in [1.54, 1.807) is 0 Å². The Kier molecular flexibility index (Phi) is 4.35. The van der Waals surface area contributed by atoms with Crippen LogP contribution in [0.4, 0.5) is 19.0 Å². The van der Waals surface area contributed by atoms with Crippen LogP contribution in [-0.4, -0.2) is 16.6 Å². The van der Waals surface area contributed by atoms with Crippen molar-refractivity contribution in [3.63, 3.8) is 0 Å². The number of nitrogens with zero attached hydrogens (tertiary/aromatic N) is 1. The van der Waals surface area contributed by atoms with Gasteiger partial charge in [0.05, 0.1) is 0 Å². The highest BCUT2D eigenvalue weighted by Gasteiger charge is 2.26. The molecule has 2 rings (SSSR count). The highest BCUT2D eigenvalue weighted by Crippen LogP contribution is 2.26. The van der Waals surface area contributed by atoms with Crippen molar-refractivity contribution in [2.75, 3.05) is 5.32 Å². The van der Waals surface area contributed by atoms with Gasteiger partial charge in [0, 0.05) is 18.3 Å². The fraction of sp³-hybridized carbons (Fsp3) is 0.200. The smallest absolute Gasteiger partial charge is 0.262 e. The Morgan fingerprint density at radius 3 is 2.64 bits per heavy atom. The summed E-state index contributed by atoms with van der Waals surface area (Å²) in [6, 6.07) is 5.44. The molecule has 0 aliphatic carbocycles. The third-order valence-corrected chi connectivity index (χ3v) is 2.63. The van der Waals surface area contributed by atoms with Gasteiger partial charge >= 0.3 is 0 Å². The molecule has 0 unspecified atom stereocenters. The predicted molar refractivity (Wildman–Crippen MR) is 74.5 cm³/mol. The molecule has 0 atom stereocenters. The fourth-order valence-corrected chi connectivity index (χ4v) is 1.49. The molecule has 4 nitrogen and oxygen atoms in total. The molecule has 2 aromatic rings. The number of alkyl halides is 1. The normalized spacial score (nSPS) is 11.1. The maximum Gasteiger partial charge on any atom is 0.262 e. The minimum atomic E-state index is -2.08. The van der Waals surface area contributed by atoms with Crippen molar-refractivity contribution in [1.82, 2.24) is 4.98 Å². The van der Waals surface area contributed by atoms with Crippen LogP contribution in [0, 0.1) is 11.6 Å². The number of rotatable bonds is 4. The van der Waals surface area contributed by atoms with E-state index in [1.807, 2.05) is 0 Å². The number of hydrogen-bond acceptors (Lipinski definition) is 3. The molecule has 0 saturated heterocycles. The topological polar surface area (TPSA) is 51.2 Å². The zero-order valence-corrected chi connectivity index (χ0v) is 11.9. The number of aromatic nitrogens is 1. The van der Waals surface area contributed by atoms with Crippen LogP contribution in [-0.2, 0) is 4.79 Å². The van der Waals surface area contributed by atoms with Crippen LogP contribution in [0.1, 0.15) is 13.8 Å². The Bertz CT molecular complexity index is 699. The van der Waals surface area contributed by atoms with Gasteiger partial charge in [-0.15, -0.1) is 0 Å². The third kappa shape index (κ3) is 3.97. The SMILES string of the molecule is CC(C)(F)C(=O)Nc1cc(Oc2cc(F)ccc2F)ccn1.